The van der Waals surface area contributed by atoms with Crippen molar-refractivity contribution in [3.63, 3.8) is 0 Å². The summed E-state index contributed by atoms with van der Waals surface area (Å²) in [6.45, 7) is 8.72. The molecule has 1 aromatic carbocycles. The van der Waals surface area contributed by atoms with Gasteiger partial charge in [0, 0.05) is 0 Å². The van der Waals surface area contributed by atoms with Gasteiger partial charge in [0.25, 0.3) is 0 Å². The second-order valence-electron chi connectivity index (χ2n) is 8.04. The van der Waals surface area contributed by atoms with E-state index in [9.17, 15) is 9.59 Å². The van der Waals surface area contributed by atoms with Crippen LogP contribution in [0.25, 0.3) is 0 Å². The number of esters is 2. The minimum atomic E-state index is -0.397. The minimum absolute atomic E-state index is 0.148. The zero-order valence-electron chi connectivity index (χ0n) is 18.2. The van der Waals surface area contributed by atoms with E-state index < -0.39 is 5.97 Å². The summed E-state index contributed by atoms with van der Waals surface area (Å²) in [7, 11) is 0. The molecule has 4 nitrogen and oxygen atoms in total. The van der Waals surface area contributed by atoms with Gasteiger partial charge in [-0.1, -0.05) is 71.8 Å². The molecule has 0 N–H and O–H groups in total. The van der Waals surface area contributed by atoms with Crippen LogP contribution in [-0.4, -0.2) is 24.6 Å². The second-order valence-corrected chi connectivity index (χ2v) is 8.04. The maximum Gasteiger partial charge on any atom is 0.338 e. The normalized spacial score (nSPS) is 12.0. The average molecular weight is 391 g/mol. The van der Waals surface area contributed by atoms with Crippen LogP contribution in [0.2, 0.25) is 0 Å². The maximum atomic E-state index is 12.3. The van der Waals surface area contributed by atoms with Crippen LogP contribution in [0.3, 0.4) is 0 Å². The molecule has 0 aliphatic carbocycles. The van der Waals surface area contributed by atoms with Crippen LogP contribution >= 0.6 is 0 Å². The van der Waals surface area contributed by atoms with Crippen LogP contribution < -0.4 is 0 Å². The molecule has 0 amide bonds. The number of hydrogen-bond donors (Lipinski definition) is 0. The molecule has 0 saturated carbocycles. The Morgan fingerprint density at radius 2 is 1.43 bits per heavy atom. The summed E-state index contributed by atoms with van der Waals surface area (Å²) in [5.41, 5.74) is 0.780. The molecule has 0 aliphatic heterocycles. The molecule has 158 valence electrons. The van der Waals surface area contributed by atoms with Crippen LogP contribution in [0.15, 0.2) is 24.3 Å². The summed E-state index contributed by atoms with van der Waals surface area (Å²) in [4.78, 5) is 24.5. The maximum absolute atomic E-state index is 12.3. The molecule has 0 aromatic heterocycles. The summed E-state index contributed by atoms with van der Waals surface area (Å²) < 4.78 is 10.8. The van der Waals surface area contributed by atoms with Crippen LogP contribution in [0.4, 0.5) is 0 Å². The molecule has 0 aliphatic rings. The third-order valence-corrected chi connectivity index (χ3v) is 4.68. The highest BCUT2D eigenvalue weighted by Crippen LogP contribution is 2.14. The Balaban J connectivity index is 2.34. The van der Waals surface area contributed by atoms with E-state index in [0.717, 1.165) is 19.3 Å². The van der Waals surface area contributed by atoms with Crippen molar-refractivity contribution < 1.29 is 19.1 Å². The summed E-state index contributed by atoms with van der Waals surface area (Å²) in [6, 6.07) is 6.58. The number of ether oxygens (including phenoxy) is 2. The first-order valence-corrected chi connectivity index (χ1v) is 10.9. The van der Waals surface area contributed by atoms with Gasteiger partial charge < -0.3 is 9.47 Å². The van der Waals surface area contributed by atoms with Gasteiger partial charge in [0.1, 0.15) is 0 Å². The number of unbranched alkanes of at least 4 members (excludes halogenated alkanes) is 7. The molecule has 0 bridgehead atoms. The Morgan fingerprint density at radius 1 is 0.857 bits per heavy atom. The van der Waals surface area contributed by atoms with E-state index in [2.05, 4.69) is 20.8 Å². The van der Waals surface area contributed by atoms with Crippen LogP contribution in [-0.2, 0) is 9.47 Å². The SMILES string of the molecule is CCCCCCCCCCOC(=O)c1cccc(C(=O)OC(C)CC(C)C)c1. The molecule has 0 spiro atoms. The highest BCUT2D eigenvalue weighted by atomic mass is 16.5. The third kappa shape index (κ3) is 10.5. The van der Waals surface area contributed by atoms with Crippen molar-refractivity contribution in [2.24, 2.45) is 5.92 Å². The highest BCUT2D eigenvalue weighted by molar-refractivity contribution is 5.95. The fourth-order valence-corrected chi connectivity index (χ4v) is 3.22. The van der Waals surface area contributed by atoms with E-state index in [-0.39, 0.29) is 12.1 Å². The van der Waals surface area contributed by atoms with Crippen LogP contribution in [0.1, 0.15) is 106 Å². The smallest absolute Gasteiger partial charge is 0.338 e. The van der Waals surface area contributed by atoms with E-state index in [4.69, 9.17) is 9.47 Å². The molecular weight excluding hydrogens is 352 g/mol. The van der Waals surface area contributed by atoms with E-state index in [1.807, 2.05) is 6.92 Å². The quantitative estimate of drug-likeness (QED) is 0.266. The lowest BCUT2D eigenvalue weighted by Gasteiger charge is -2.15. The van der Waals surface area contributed by atoms with Crippen molar-refractivity contribution in [2.75, 3.05) is 6.61 Å². The van der Waals surface area contributed by atoms with Gasteiger partial charge in [0.05, 0.1) is 23.8 Å². The first-order valence-electron chi connectivity index (χ1n) is 10.9. The fourth-order valence-electron chi connectivity index (χ4n) is 3.22. The van der Waals surface area contributed by atoms with Crippen molar-refractivity contribution in [2.45, 2.75) is 91.6 Å². The Labute approximate surface area is 171 Å². The van der Waals surface area contributed by atoms with Gasteiger partial charge in [-0.15, -0.1) is 0 Å². The van der Waals surface area contributed by atoms with E-state index in [1.54, 1.807) is 24.3 Å². The predicted octanol–water partition coefficient (Wildman–Crippen LogP) is 6.58. The number of hydrogen-bond acceptors (Lipinski definition) is 4. The largest absolute Gasteiger partial charge is 0.462 e. The van der Waals surface area contributed by atoms with E-state index in [0.29, 0.717) is 23.7 Å². The van der Waals surface area contributed by atoms with Crippen molar-refractivity contribution in [1.29, 1.82) is 0 Å². The molecule has 0 saturated heterocycles. The molecule has 4 heteroatoms. The average Bonchev–Trinajstić information content (AvgIpc) is 2.66. The lowest BCUT2D eigenvalue weighted by atomic mass is 10.1. The summed E-state index contributed by atoms with van der Waals surface area (Å²) >= 11 is 0. The molecule has 1 rings (SSSR count). The van der Waals surface area contributed by atoms with E-state index >= 15 is 0 Å². The van der Waals surface area contributed by atoms with Gasteiger partial charge in [0.15, 0.2) is 0 Å². The number of benzene rings is 1. The van der Waals surface area contributed by atoms with Gasteiger partial charge in [-0.2, -0.15) is 0 Å². The topological polar surface area (TPSA) is 52.6 Å². The number of rotatable bonds is 14. The lowest BCUT2D eigenvalue weighted by molar-refractivity contribution is 0.0299. The number of carbonyl (C=O) groups is 2. The molecule has 28 heavy (non-hydrogen) atoms. The Kier molecular flexibility index (Phi) is 12.3. The number of carbonyl (C=O) groups excluding carboxylic acids is 2. The first-order chi connectivity index (χ1) is 13.4. The van der Waals surface area contributed by atoms with Crippen molar-refractivity contribution in [3.05, 3.63) is 35.4 Å². The molecule has 0 radical (unpaired) electrons. The molecule has 0 heterocycles. The van der Waals surface area contributed by atoms with Gasteiger partial charge in [0.2, 0.25) is 0 Å². The van der Waals surface area contributed by atoms with Crippen molar-refractivity contribution in [3.8, 4) is 0 Å². The van der Waals surface area contributed by atoms with Crippen LogP contribution in [0.5, 0.6) is 0 Å². The van der Waals surface area contributed by atoms with Gasteiger partial charge in [-0.25, -0.2) is 9.59 Å². The summed E-state index contributed by atoms with van der Waals surface area (Å²) in [5, 5.41) is 0. The van der Waals surface area contributed by atoms with Crippen LogP contribution in [0, 0.1) is 5.92 Å². The highest BCUT2D eigenvalue weighted by Gasteiger charge is 2.15. The zero-order valence-corrected chi connectivity index (χ0v) is 18.2. The molecule has 1 atom stereocenters. The van der Waals surface area contributed by atoms with Crippen molar-refractivity contribution >= 4 is 11.9 Å². The van der Waals surface area contributed by atoms with Gasteiger partial charge in [-0.05, 0) is 43.9 Å². The lowest BCUT2D eigenvalue weighted by Crippen LogP contribution is -2.17. The standard InChI is InChI=1S/C24H38O4/c1-5-6-7-8-9-10-11-12-16-27-23(25)21-14-13-15-22(18-21)24(26)28-20(4)17-19(2)3/h13-15,18-20H,5-12,16-17H2,1-4H3. The van der Waals surface area contributed by atoms with E-state index in [1.165, 1.54) is 38.5 Å². The Bertz CT molecular complexity index is 580. The molecular formula is C24H38O4. The molecule has 1 aromatic rings. The first kappa shape index (κ1) is 24.2. The third-order valence-electron chi connectivity index (χ3n) is 4.68. The van der Waals surface area contributed by atoms with Gasteiger partial charge >= 0.3 is 11.9 Å². The Hall–Kier alpha value is -1.84. The molecule has 0 fully saturated rings. The molecule has 1 unspecified atom stereocenters. The second kappa shape index (κ2) is 14.2. The monoisotopic (exact) mass is 390 g/mol. The fraction of sp³-hybridized carbons (Fsp3) is 0.667. The Morgan fingerprint density at radius 3 is 2.04 bits per heavy atom. The summed E-state index contributed by atoms with van der Waals surface area (Å²) in [5.74, 6) is -0.320. The predicted molar refractivity (Wildman–Crippen MR) is 114 cm³/mol. The zero-order chi connectivity index (χ0) is 20.8. The minimum Gasteiger partial charge on any atom is -0.462 e. The van der Waals surface area contributed by atoms with Crippen molar-refractivity contribution in [1.82, 2.24) is 0 Å². The van der Waals surface area contributed by atoms with Gasteiger partial charge in [-0.3, -0.25) is 0 Å². The summed E-state index contributed by atoms with van der Waals surface area (Å²) in [6.07, 6.45) is 10.3.